The molecule has 1 aliphatic rings. The average Bonchev–Trinajstić information content (AvgIpc) is 3.35. The lowest BCUT2D eigenvalue weighted by Crippen LogP contribution is -2.34. The number of hydrogen-bond acceptors (Lipinski definition) is 8. The third kappa shape index (κ3) is 3.91. The van der Waals surface area contributed by atoms with Crippen molar-refractivity contribution < 1.29 is 13.2 Å². The second kappa shape index (κ2) is 8.42. The number of hydrogen-bond donors (Lipinski definition) is 3. The molecule has 4 aromatic rings. The van der Waals surface area contributed by atoms with Gasteiger partial charge in [-0.2, -0.15) is 5.10 Å². The molecule has 5 heterocycles. The first-order valence-corrected chi connectivity index (χ1v) is 12.6. The Morgan fingerprint density at radius 1 is 1.32 bits per heavy atom. The second-order valence-corrected chi connectivity index (χ2v) is 10.3. The molecule has 1 amide bonds. The number of carbonyl (C=O) groups excluding carboxylic acids is 1. The van der Waals surface area contributed by atoms with Gasteiger partial charge in [-0.05, 0) is 25.1 Å². The van der Waals surface area contributed by atoms with E-state index in [9.17, 15) is 13.2 Å². The highest BCUT2D eigenvalue weighted by Gasteiger charge is 2.27. The maximum atomic E-state index is 13.2. The minimum absolute atomic E-state index is 0.0629. The van der Waals surface area contributed by atoms with Crippen LogP contribution in [0.2, 0.25) is 5.02 Å². The van der Waals surface area contributed by atoms with E-state index in [1.807, 2.05) is 11.8 Å². The molecule has 0 spiro atoms. The highest BCUT2D eigenvalue weighted by molar-refractivity contribution is 7.89. The number of nitrogen functional groups attached to an aromatic ring is 1. The van der Waals surface area contributed by atoms with Gasteiger partial charge in [0.05, 0.1) is 28.5 Å². The van der Waals surface area contributed by atoms with E-state index in [2.05, 4.69) is 25.2 Å². The zero-order valence-electron chi connectivity index (χ0n) is 18.1. The molecule has 178 valence electrons. The molecule has 0 radical (unpaired) electrons. The SMILES string of the molecule is CC(NC(=O)c1c(N)nn2cccnc12)c1cc(Cl)c2ccnn2c1N1CCNS(=O)(=O)CC1. The number of nitrogens with zero attached hydrogens (tertiary/aromatic N) is 6. The highest BCUT2D eigenvalue weighted by Crippen LogP contribution is 2.33. The Hall–Kier alpha value is -3.42. The lowest BCUT2D eigenvalue weighted by molar-refractivity contribution is 0.0942. The monoisotopic (exact) mass is 503 g/mol. The standard InChI is InChI=1S/C20H22ClN9O3S/c1-12(26-19(31)16-17(22)27-29-7-2-4-23-18(16)29)13-11-14(21)15-3-5-24-30(15)20(13)28-8-6-25-34(32,33)10-9-28/h2-5,7,11-12,25H,6,8-10H2,1H3,(H2,22,27)(H,26,31). The Morgan fingerprint density at radius 2 is 2.15 bits per heavy atom. The Bertz CT molecular complexity index is 1510. The van der Waals surface area contributed by atoms with Gasteiger partial charge in [0.1, 0.15) is 11.4 Å². The van der Waals surface area contributed by atoms with Gasteiger partial charge in [0, 0.05) is 37.6 Å². The number of fused-ring (bicyclic) bond motifs is 2. The Balaban J connectivity index is 1.54. The van der Waals surface area contributed by atoms with Gasteiger partial charge in [-0.15, -0.1) is 5.10 Å². The maximum absolute atomic E-state index is 13.2. The molecule has 0 aromatic carbocycles. The summed E-state index contributed by atoms with van der Waals surface area (Å²) in [5, 5.41) is 12.0. The number of anilines is 2. The highest BCUT2D eigenvalue weighted by atomic mass is 35.5. The molecule has 1 atom stereocenters. The van der Waals surface area contributed by atoms with E-state index in [-0.39, 0.29) is 30.2 Å². The van der Waals surface area contributed by atoms with E-state index in [0.717, 1.165) is 0 Å². The van der Waals surface area contributed by atoms with Crippen LogP contribution < -0.4 is 20.7 Å². The number of nitrogens with two attached hydrogens (primary N) is 1. The summed E-state index contributed by atoms with van der Waals surface area (Å²) in [5.41, 5.74) is 7.87. The van der Waals surface area contributed by atoms with E-state index in [0.29, 0.717) is 34.1 Å². The van der Waals surface area contributed by atoms with Gasteiger partial charge in [0.25, 0.3) is 5.91 Å². The number of halogens is 1. The van der Waals surface area contributed by atoms with Gasteiger partial charge in [-0.3, -0.25) is 4.79 Å². The van der Waals surface area contributed by atoms with Gasteiger partial charge in [-0.25, -0.2) is 27.2 Å². The molecule has 4 aromatic heterocycles. The normalized spacial score (nSPS) is 17.1. The minimum atomic E-state index is -3.36. The first-order chi connectivity index (χ1) is 16.2. The molecule has 1 saturated heterocycles. The molecule has 14 heteroatoms. The van der Waals surface area contributed by atoms with Gasteiger partial charge >= 0.3 is 0 Å². The molecule has 34 heavy (non-hydrogen) atoms. The fourth-order valence-electron chi connectivity index (χ4n) is 4.12. The Labute approximate surface area is 199 Å². The zero-order chi connectivity index (χ0) is 24.0. The summed E-state index contributed by atoms with van der Waals surface area (Å²) in [7, 11) is -3.36. The average molecular weight is 504 g/mol. The Morgan fingerprint density at radius 3 is 2.97 bits per heavy atom. The van der Waals surface area contributed by atoms with Crippen LogP contribution in [0.4, 0.5) is 11.6 Å². The van der Waals surface area contributed by atoms with Crippen molar-refractivity contribution in [2.45, 2.75) is 13.0 Å². The maximum Gasteiger partial charge on any atom is 0.259 e. The number of pyridine rings is 1. The van der Waals surface area contributed by atoms with Crippen LogP contribution in [0.15, 0.2) is 36.8 Å². The van der Waals surface area contributed by atoms with Crippen molar-refractivity contribution in [1.29, 1.82) is 0 Å². The number of carbonyl (C=O) groups is 1. The van der Waals surface area contributed by atoms with Crippen molar-refractivity contribution in [3.63, 3.8) is 0 Å². The Kier molecular flexibility index (Phi) is 5.54. The van der Waals surface area contributed by atoms with Crippen LogP contribution in [0.25, 0.3) is 11.2 Å². The topological polar surface area (TPSA) is 152 Å². The smallest absolute Gasteiger partial charge is 0.259 e. The summed E-state index contributed by atoms with van der Waals surface area (Å²) in [6.45, 7) is 2.74. The van der Waals surface area contributed by atoms with Gasteiger partial charge in [0.15, 0.2) is 11.5 Å². The van der Waals surface area contributed by atoms with Crippen molar-refractivity contribution in [2.75, 3.05) is 36.0 Å². The fraction of sp³-hybridized carbons (Fsp3) is 0.300. The molecule has 5 rings (SSSR count). The molecular formula is C20H22ClN9O3S. The summed E-state index contributed by atoms with van der Waals surface area (Å²) < 4.78 is 29.9. The third-order valence-electron chi connectivity index (χ3n) is 5.73. The predicted molar refractivity (Wildman–Crippen MR) is 127 cm³/mol. The van der Waals surface area contributed by atoms with Crippen LogP contribution in [-0.4, -0.2) is 63.9 Å². The van der Waals surface area contributed by atoms with E-state index in [1.165, 1.54) is 4.52 Å². The molecular weight excluding hydrogens is 482 g/mol. The van der Waals surface area contributed by atoms with Crippen molar-refractivity contribution in [3.8, 4) is 0 Å². The molecule has 0 bridgehead atoms. The summed E-state index contributed by atoms with van der Waals surface area (Å²) >= 11 is 6.53. The van der Waals surface area contributed by atoms with Gasteiger partial charge in [0.2, 0.25) is 10.0 Å². The first kappa shape index (κ1) is 22.4. The van der Waals surface area contributed by atoms with Crippen molar-refractivity contribution in [1.82, 2.24) is 34.3 Å². The van der Waals surface area contributed by atoms with Crippen molar-refractivity contribution in [2.24, 2.45) is 0 Å². The summed E-state index contributed by atoms with van der Waals surface area (Å²) in [6, 6.07) is 4.70. The minimum Gasteiger partial charge on any atom is -0.381 e. The second-order valence-electron chi connectivity index (χ2n) is 7.94. The lowest BCUT2D eigenvalue weighted by atomic mass is 10.1. The molecule has 4 N–H and O–H groups in total. The van der Waals surface area contributed by atoms with E-state index < -0.39 is 22.0 Å². The number of aromatic nitrogens is 5. The van der Waals surface area contributed by atoms with Crippen LogP contribution in [0.3, 0.4) is 0 Å². The van der Waals surface area contributed by atoms with Crippen LogP contribution in [-0.2, 0) is 10.0 Å². The number of amides is 1. The van der Waals surface area contributed by atoms with E-state index in [4.69, 9.17) is 17.3 Å². The molecule has 1 aliphatic heterocycles. The van der Waals surface area contributed by atoms with E-state index in [1.54, 1.807) is 41.3 Å². The summed E-state index contributed by atoms with van der Waals surface area (Å²) in [5.74, 6) is 0.208. The quantitative estimate of drug-likeness (QED) is 0.370. The molecule has 1 unspecified atom stereocenters. The van der Waals surface area contributed by atoms with E-state index >= 15 is 0 Å². The van der Waals surface area contributed by atoms with Crippen molar-refractivity contribution >= 4 is 50.3 Å². The molecule has 0 aliphatic carbocycles. The van der Waals surface area contributed by atoms with Gasteiger partial charge in [-0.1, -0.05) is 11.6 Å². The first-order valence-electron chi connectivity index (χ1n) is 10.5. The largest absolute Gasteiger partial charge is 0.381 e. The molecule has 1 fully saturated rings. The lowest BCUT2D eigenvalue weighted by Gasteiger charge is -2.28. The van der Waals surface area contributed by atoms with Crippen LogP contribution >= 0.6 is 11.6 Å². The zero-order valence-corrected chi connectivity index (χ0v) is 19.7. The predicted octanol–water partition coefficient (Wildman–Crippen LogP) is 0.843. The van der Waals surface area contributed by atoms with Crippen LogP contribution in [0, 0.1) is 0 Å². The fourth-order valence-corrected chi connectivity index (χ4v) is 5.38. The van der Waals surface area contributed by atoms with Crippen LogP contribution in [0.5, 0.6) is 0 Å². The van der Waals surface area contributed by atoms with Crippen molar-refractivity contribution in [3.05, 3.63) is 52.9 Å². The third-order valence-corrected chi connectivity index (χ3v) is 7.39. The summed E-state index contributed by atoms with van der Waals surface area (Å²) in [6.07, 6.45) is 4.83. The van der Waals surface area contributed by atoms with Gasteiger partial charge < -0.3 is 16.0 Å². The number of sulfonamides is 1. The number of rotatable bonds is 4. The molecule has 12 nitrogen and oxygen atoms in total. The van der Waals surface area contributed by atoms with Crippen LogP contribution in [0.1, 0.15) is 28.9 Å². The molecule has 0 saturated carbocycles. The number of nitrogens with one attached hydrogen (secondary N) is 2. The summed E-state index contributed by atoms with van der Waals surface area (Å²) in [4.78, 5) is 19.4.